The van der Waals surface area contributed by atoms with Gasteiger partial charge in [-0.25, -0.2) is 9.59 Å². The Hall–Kier alpha value is -1.60. The lowest BCUT2D eigenvalue weighted by Crippen LogP contribution is -2.35. The van der Waals surface area contributed by atoms with Gasteiger partial charge in [-0.05, 0) is 25.1 Å². The second-order valence-corrected chi connectivity index (χ2v) is 6.38. The zero-order valence-electron chi connectivity index (χ0n) is 11.0. The van der Waals surface area contributed by atoms with Crippen molar-refractivity contribution in [2.45, 2.75) is 12.2 Å². The Kier molecular flexibility index (Phi) is 5.97. The largest absolute Gasteiger partial charge is 0.478 e. The van der Waals surface area contributed by atoms with Crippen molar-refractivity contribution >= 4 is 40.1 Å². The number of urea groups is 1. The zero-order chi connectivity index (χ0) is 15.3. The van der Waals surface area contributed by atoms with Gasteiger partial charge in [0.15, 0.2) is 0 Å². The van der Waals surface area contributed by atoms with Crippen LogP contribution in [0.15, 0.2) is 18.2 Å². The van der Waals surface area contributed by atoms with Crippen molar-refractivity contribution in [3.8, 4) is 0 Å². The molecule has 20 heavy (non-hydrogen) atoms. The van der Waals surface area contributed by atoms with Gasteiger partial charge in [0.25, 0.3) is 0 Å². The van der Waals surface area contributed by atoms with Crippen molar-refractivity contribution in [1.82, 2.24) is 5.32 Å². The number of aromatic carboxylic acids is 1. The Morgan fingerprint density at radius 3 is 2.65 bits per heavy atom. The highest BCUT2D eigenvalue weighted by Gasteiger charge is 2.14. The molecule has 0 saturated carbocycles. The molecule has 6 nitrogen and oxygen atoms in total. The number of anilines is 1. The molecule has 1 aromatic rings. The molecular weight excluding hydrogens is 304 g/mol. The minimum absolute atomic E-state index is 0.0586. The highest BCUT2D eigenvalue weighted by molar-refractivity contribution is 7.84. The van der Waals surface area contributed by atoms with E-state index in [9.17, 15) is 13.8 Å². The van der Waals surface area contributed by atoms with Gasteiger partial charge in [0.1, 0.15) is 0 Å². The molecule has 3 N–H and O–H groups in total. The molecule has 0 bridgehead atoms. The molecule has 1 aromatic carbocycles. The number of carboxylic acid groups (broad SMARTS) is 1. The lowest BCUT2D eigenvalue weighted by atomic mass is 10.2. The van der Waals surface area contributed by atoms with Crippen molar-refractivity contribution in [2.24, 2.45) is 0 Å². The van der Waals surface area contributed by atoms with Gasteiger partial charge in [-0.1, -0.05) is 11.6 Å². The molecule has 0 aromatic heterocycles. The molecule has 0 heterocycles. The SMILES string of the molecule is CC(CNC(=O)Nc1cc(Cl)ccc1C(=O)O)S(C)=O. The lowest BCUT2D eigenvalue weighted by molar-refractivity contribution is 0.0698. The second-order valence-electron chi connectivity index (χ2n) is 4.14. The van der Waals surface area contributed by atoms with Crippen molar-refractivity contribution in [3.05, 3.63) is 28.8 Å². The maximum Gasteiger partial charge on any atom is 0.337 e. The van der Waals surface area contributed by atoms with Gasteiger partial charge in [-0.15, -0.1) is 0 Å². The summed E-state index contributed by atoms with van der Waals surface area (Å²) in [6, 6.07) is 3.51. The number of hydrogen-bond acceptors (Lipinski definition) is 3. The van der Waals surface area contributed by atoms with Crippen LogP contribution in [0.25, 0.3) is 0 Å². The fourth-order valence-electron chi connectivity index (χ4n) is 1.33. The van der Waals surface area contributed by atoms with Gasteiger partial charge in [0.2, 0.25) is 0 Å². The Morgan fingerprint density at radius 2 is 2.10 bits per heavy atom. The monoisotopic (exact) mass is 318 g/mol. The Balaban J connectivity index is 2.73. The van der Waals surface area contributed by atoms with Crippen LogP contribution in [-0.4, -0.2) is 39.4 Å². The number of carbonyl (C=O) groups is 2. The van der Waals surface area contributed by atoms with E-state index in [0.717, 1.165) is 0 Å². The van der Waals surface area contributed by atoms with Gasteiger partial charge in [0, 0.05) is 33.9 Å². The topological polar surface area (TPSA) is 95.5 Å². The maximum atomic E-state index is 11.7. The fourth-order valence-corrected chi connectivity index (χ4v) is 1.82. The molecule has 0 aliphatic carbocycles. The summed E-state index contributed by atoms with van der Waals surface area (Å²) < 4.78 is 11.1. The molecule has 8 heteroatoms. The first-order valence-corrected chi connectivity index (χ1v) is 7.71. The van der Waals surface area contributed by atoms with Crippen LogP contribution in [0.2, 0.25) is 5.02 Å². The first-order valence-electron chi connectivity index (χ1n) is 5.71. The van der Waals surface area contributed by atoms with Gasteiger partial charge >= 0.3 is 12.0 Å². The van der Waals surface area contributed by atoms with Crippen molar-refractivity contribution < 1.29 is 18.9 Å². The Morgan fingerprint density at radius 1 is 1.45 bits per heavy atom. The quantitative estimate of drug-likeness (QED) is 0.773. The molecule has 0 spiro atoms. The number of carboxylic acids is 1. The first kappa shape index (κ1) is 16.5. The fraction of sp³-hybridized carbons (Fsp3) is 0.333. The number of amides is 2. The molecule has 0 radical (unpaired) electrons. The van der Waals surface area contributed by atoms with E-state index >= 15 is 0 Å². The average Bonchev–Trinajstić information content (AvgIpc) is 2.35. The van der Waals surface area contributed by atoms with Gasteiger partial charge in [0.05, 0.1) is 11.3 Å². The normalized spacial score (nSPS) is 13.3. The number of carbonyl (C=O) groups excluding carboxylic acids is 1. The van der Waals surface area contributed by atoms with Crippen molar-refractivity contribution in [2.75, 3.05) is 18.1 Å². The van der Waals surface area contributed by atoms with E-state index in [-0.39, 0.29) is 23.0 Å². The minimum atomic E-state index is -1.17. The van der Waals surface area contributed by atoms with Gasteiger partial charge < -0.3 is 15.7 Å². The lowest BCUT2D eigenvalue weighted by Gasteiger charge is -2.12. The molecular formula is C12H15ClN2O4S. The molecule has 0 aliphatic heterocycles. The summed E-state index contributed by atoms with van der Waals surface area (Å²) in [7, 11) is -1.05. The average molecular weight is 319 g/mol. The number of rotatable bonds is 5. The van der Waals surface area contributed by atoms with E-state index in [0.29, 0.717) is 5.02 Å². The molecule has 110 valence electrons. The molecule has 0 saturated heterocycles. The summed E-state index contributed by atoms with van der Waals surface area (Å²) in [5.74, 6) is -1.17. The summed E-state index contributed by atoms with van der Waals surface area (Å²) in [6.07, 6.45) is 1.55. The van der Waals surface area contributed by atoms with Crippen LogP contribution in [0.3, 0.4) is 0 Å². The summed E-state index contributed by atoms with van der Waals surface area (Å²) in [5, 5.41) is 14.1. The van der Waals surface area contributed by atoms with E-state index in [4.69, 9.17) is 16.7 Å². The number of nitrogens with one attached hydrogen (secondary N) is 2. The van der Waals surface area contributed by atoms with E-state index in [1.807, 2.05) is 0 Å². The van der Waals surface area contributed by atoms with Crippen LogP contribution >= 0.6 is 11.6 Å². The van der Waals surface area contributed by atoms with Gasteiger partial charge in [-0.3, -0.25) is 4.21 Å². The van der Waals surface area contributed by atoms with Crippen LogP contribution in [0, 0.1) is 0 Å². The predicted molar refractivity (Wildman–Crippen MR) is 79.0 cm³/mol. The third-order valence-electron chi connectivity index (χ3n) is 2.58. The highest BCUT2D eigenvalue weighted by atomic mass is 35.5. The third-order valence-corrected chi connectivity index (χ3v) is 4.11. The number of halogens is 1. The number of hydrogen-bond donors (Lipinski definition) is 3. The van der Waals surface area contributed by atoms with E-state index in [2.05, 4.69) is 10.6 Å². The number of benzene rings is 1. The summed E-state index contributed by atoms with van der Waals surface area (Å²) in [4.78, 5) is 22.7. The van der Waals surface area contributed by atoms with Crippen LogP contribution in [-0.2, 0) is 10.8 Å². The van der Waals surface area contributed by atoms with E-state index in [1.54, 1.807) is 13.2 Å². The highest BCUT2D eigenvalue weighted by Crippen LogP contribution is 2.21. The Labute approximate surface area is 124 Å². The molecule has 2 amide bonds. The third kappa shape index (κ3) is 4.82. The van der Waals surface area contributed by atoms with Crippen LogP contribution in [0.4, 0.5) is 10.5 Å². The molecule has 2 unspecified atom stereocenters. The molecule has 0 aliphatic rings. The first-order chi connectivity index (χ1) is 9.31. The summed E-state index contributed by atoms with van der Waals surface area (Å²) in [6.45, 7) is 1.95. The minimum Gasteiger partial charge on any atom is -0.478 e. The van der Waals surface area contributed by atoms with Gasteiger partial charge in [-0.2, -0.15) is 0 Å². The van der Waals surface area contributed by atoms with Crippen LogP contribution in [0.1, 0.15) is 17.3 Å². The van der Waals surface area contributed by atoms with Crippen molar-refractivity contribution in [1.29, 1.82) is 0 Å². The second kappa shape index (κ2) is 7.25. The molecule has 2 atom stereocenters. The molecule has 0 fully saturated rings. The Bertz CT molecular complexity index is 550. The summed E-state index contributed by atoms with van der Waals surface area (Å²) in [5.41, 5.74) is 0.0458. The van der Waals surface area contributed by atoms with E-state index < -0.39 is 22.8 Å². The van der Waals surface area contributed by atoms with E-state index in [1.165, 1.54) is 18.2 Å². The standard InChI is InChI=1S/C12H15ClN2O4S/c1-7(20(2)19)6-14-12(18)15-10-5-8(13)3-4-9(10)11(16)17/h3-5,7H,6H2,1-2H3,(H,16,17)(H2,14,15,18). The predicted octanol–water partition coefficient (Wildman–Crippen LogP) is 1.93. The van der Waals surface area contributed by atoms with Crippen molar-refractivity contribution in [3.63, 3.8) is 0 Å². The molecule has 1 rings (SSSR count). The smallest absolute Gasteiger partial charge is 0.337 e. The maximum absolute atomic E-state index is 11.7. The summed E-state index contributed by atoms with van der Waals surface area (Å²) >= 11 is 5.77. The van der Waals surface area contributed by atoms with Crippen LogP contribution < -0.4 is 10.6 Å². The van der Waals surface area contributed by atoms with Crippen LogP contribution in [0.5, 0.6) is 0 Å². The zero-order valence-corrected chi connectivity index (χ0v) is 12.5.